The molecule has 0 atom stereocenters. The van der Waals surface area contributed by atoms with Crippen molar-refractivity contribution in [3.63, 3.8) is 0 Å². The molecule has 1 aromatic rings. The monoisotopic (exact) mass is 338 g/mol. The predicted octanol–water partition coefficient (Wildman–Crippen LogP) is 3.14. The van der Waals surface area contributed by atoms with Gasteiger partial charge in [-0.3, -0.25) is 4.79 Å². The van der Waals surface area contributed by atoms with Crippen LogP contribution in [0.25, 0.3) is 0 Å². The number of nitrogens with one attached hydrogen (secondary N) is 1. The van der Waals surface area contributed by atoms with Gasteiger partial charge >= 0.3 is 0 Å². The zero-order chi connectivity index (χ0) is 16.9. The first-order valence-corrected chi connectivity index (χ1v) is 6.86. The lowest BCUT2D eigenvalue weighted by atomic mass is 10.1. The Kier molecular flexibility index (Phi) is 6.69. The molecular formula is C13H14F4N2O2S. The smallest absolute Gasteiger partial charge is 0.257 e. The van der Waals surface area contributed by atoms with E-state index < -0.39 is 40.4 Å². The summed E-state index contributed by atoms with van der Waals surface area (Å²) in [4.78, 5) is 12.4. The SMILES string of the molecule is C=C(C)SOCCCNC(=O)c1c(F)c(F)c(N)c(F)c1F. The van der Waals surface area contributed by atoms with Crippen molar-refractivity contribution in [2.45, 2.75) is 13.3 Å². The number of allylic oxidation sites excluding steroid dienone is 1. The molecule has 122 valence electrons. The van der Waals surface area contributed by atoms with Crippen LogP contribution in [0, 0.1) is 23.3 Å². The molecule has 0 saturated carbocycles. The standard InChI is InChI=1S/C13H14F4N2O2S/c1-6(2)22-21-5-3-4-19-13(20)7-8(14)10(16)12(18)11(17)9(7)15/h1,3-5,18H2,2H3,(H,19,20). The molecule has 3 N–H and O–H groups in total. The number of nitrogens with two attached hydrogens (primary N) is 1. The molecule has 0 fully saturated rings. The first-order chi connectivity index (χ1) is 10.3. The molecule has 1 rings (SSSR count). The van der Waals surface area contributed by atoms with Crippen LogP contribution in [0.4, 0.5) is 23.2 Å². The number of carbonyl (C=O) groups is 1. The highest BCUT2D eigenvalue weighted by Crippen LogP contribution is 2.25. The Labute approximate surface area is 128 Å². The number of hydrogen-bond acceptors (Lipinski definition) is 4. The Morgan fingerprint density at radius 3 is 2.27 bits per heavy atom. The van der Waals surface area contributed by atoms with E-state index >= 15 is 0 Å². The van der Waals surface area contributed by atoms with Crippen LogP contribution in [0.5, 0.6) is 0 Å². The quantitative estimate of drug-likeness (QED) is 0.264. The summed E-state index contributed by atoms with van der Waals surface area (Å²) in [5.74, 6) is -8.54. The van der Waals surface area contributed by atoms with Crippen LogP contribution in [0.3, 0.4) is 0 Å². The number of amides is 1. The zero-order valence-electron chi connectivity index (χ0n) is 11.6. The van der Waals surface area contributed by atoms with Crippen molar-refractivity contribution in [1.29, 1.82) is 0 Å². The lowest BCUT2D eigenvalue weighted by molar-refractivity contribution is 0.0941. The molecule has 1 aromatic carbocycles. The first kappa shape index (κ1) is 18.3. The number of benzene rings is 1. The van der Waals surface area contributed by atoms with Gasteiger partial charge in [0.1, 0.15) is 11.3 Å². The van der Waals surface area contributed by atoms with Gasteiger partial charge < -0.3 is 15.2 Å². The minimum absolute atomic E-state index is 0.00206. The van der Waals surface area contributed by atoms with Gasteiger partial charge in [0.15, 0.2) is 23.3 Å². The van der Waals surface area contributed by atoms with E-state index in [-0.39, 0.29) is 13.2 Å². The van der Waals surface area contributed by atoms with Crippen molar-refractivity contribution in [3.05, 3.63) is 40.3 Å². The molecule has 0 aliphatic rings. The minimum atomic E-state index is -1.83. The zero-order valence-corrected chi connectivity index (χ0v) is 12.5. The average molecular weight is 338 g/mol. The van der Waals surface area contributed by atoms with E-state index in [2.05, 4.69) is 11.9 Å². The molecule has 0 spiro atoms. The van der Waals surface area contributed by atoms with Gasteiger partial charge in [0.2, 0.25) is 0 Å². The molecule has 0 radical (unpaired) electrons. The fraction of sp³-hybridized carbons (Fsp3) is 0.308. The van der Waals surface area contributed by atoms with Crippen LogP contribution in [0.2, 0.25) is 0 Å². The molecule has 0 aliphatic heterocycles. The van der Waals surface area contributed by atoms with Gasteiger partial charge in [-0.25, -0.2) is 17.6 Å². The molecule has 9 heteroatoms. The Balaban J connectivity index is 2.65. The third kappa shape index (κ3) is 4.38. The Bertz CT molecular complexity index is 567. The summed E-state index contributed by atoms with van der Waals surface area (Å²) >= 11 is 1.06. The van der Waals surface area contributed by atoms with Gasteiger partial charge in [0.05, 0.1) is 6.61 Å². The number of nitrogen functional groups attached to an aromatic ring is 1. The van der Waals surface area contributed by atoms with E-state index in [4.69, 9.17) is 9.92 Å². The van der Waals surface area contributed by atoms with Crippen LogP contribution in [0.1, 0.15) is 23.7 Å². The van der Waals surface area contributed by atoms with Gasteiger partial charge in [-0.15, -0.1) is 0 Å². The molecular weight excluding hydrogens is 324 g/mol. The lowest BCUT2D eigenvalue weighted by Gasteiger charge is -2.10. The molecule has 4 nitrogen and oxygen atoms in total. The van der Waals surface area contributed by atoms with Crippen LogP contribution in [-0.4, -0.2) is 19.1 Å². The van der Waals surface area contributed by atoms with Crippen LogP contribution in [0.15, 0.2) is 11.5 Å². The molecule has 0 heterocycles. The molecule has 0 aromatic heterocycles. The number of anilines is 1. The van der Waals surface area contributed by atoms with Crippen molar-refractivity contribution in [3.8, 4) is 0 Å². The van der Waals surface area contributed by atoms with E-state index in [0.717, 1.165) is 16.9 Å². The second-order valence-corrected chi connectivity index (χ2v) is 5.36. The van der Waals surface area contributed by atoms with E-state index in [1.165, 1.54) is 0 Å². The summed E-state index contributed by atoms with van der Waals surface area (Å²) in [5.41, 5.74) is 2.19. The maximum atomic E-state index is 13.5. The van der Waals surface area contributed by atoms with Gasteiger partial charge in [0, 0.05) is 23.5 Å². The first-order valence-electron chi connectivity index (χ1n) is 6.12. The second-order valence-electron chi connectivity index (χ2n) is 4.26. The van der Waals surface area contributed by atoms with Crippen molar-refractivity contribution in [1.82, 2.24) is 5.32 Å². The topological polar surface area (TPSA) is 64.3 Å². The highest BCUT2D eigenvalue weighted by atomic mass is 32.2. The van der Waals surface area contributed by atoms with Gasteiger partial charge in [0.25, 0.3) is 5.91 Å². The van der Waals surface area contributed by atoms with E-state index in [1.54, 1.807) is 6.92 Å². The summed E-state index contributed by atoms with van der Waals surface area (Å²) in [6.45, 7) is 5.57. The fourth-order valence-electron chi connectivity index (χ4n) is 1.41. The van der Waals surface area contributed by atoms with Crippen LogP contribution >= 0.6 is 12.0 Å². The van der Waals surface area contributed by atoms with E-state index in [1.807, 2.05) is 0 Å². The lowest BCUT2D eigenvalue weighted by Crippen LogP contribution is -2.28. The molecule has 0 bridgehead atoms. The average Bonchev–Trinajstić information content (AvgIpc) is 2.46. The Hall–Kier alpha value is -1.74. The Morgan fingerprint density at radius 2 is 1.77 bits per heavy atom. The number of hydrogen-bond donors (Lipinski definition) is 2. The van der Waals surface area contributed by atoms with E-state index in [0.29, 0.717) is 6.42 Å². The Morgan fingerprint density at radius 1 is 1.23 bits per heavy atom. The molecule has 0 unspecified atom stereocenters. The molecule has 1 amide bonds. The maximum Gasteiger partial charge on any atom is 0.257 e. The van der Waals surface area contributed by atoms with Crippen LogP contribution in [-0.2, 0) is 4.18 Å². The van der Waals surface area contributed by atoms with Gasteiger partial charge in [-0.05, 0) is 13.3 Å². The van der Waals surface area contributed by atoms with Crippen molar-refractivity contribution < 1.29 is 26.5 Å². The predicted molar refractivity (Wildman–Crippen MR) is 76.0 cm³/mol. The number of rotatable bonds is 7. The summed E-state index contributed by atoms with van der Waals surface area (Å²) in [6, 6.07) is 0. The summed E-state index contributed by atoms with van der Waals surface area (Å²) in [6.07, 6.45) is 0.329. The van der Waals surface area contributed by atoms with Crippen molar-refractivity contribution in [2.24, 2.45) is 0 Å². The number of carbonyl (C=O) groups excluding carboxylic acids is 1. The second kappa shape index (κ2) is 8.04. The highest BCUT2D eigenvalue weighted by Gasteiger charge is 2.27. The van der Waals surface area contributed by atoms with Gasteiger partial charge in [-0.1, -0.05) is 6.58 Å². The minimum Gasteiger partial charge on any atom is -0.394 e. The largest absolute Gasteiger partial charge is 0.394 e. The number of halogens is 4. The van der Waals surface area contributed by atoms with E-state index in [9.17, 15) is 22.4 Å². The summed E-state index contributed by atoms with van der Waals surface area (Å²) in [7, 11) is 0. The summed E-state index contributed by atoms with van der Waals surface area (Å²) in [5, 5.41) is 2.14. The normalized spacial score (nSPS) is 10.6. The van der Waals surface area contributed by atoms with Crippen LogP contribution < -0.4 is 11.1 Å². The van der Waals surface area contributed by atoms with Crippen molar-refractivity contribution in [2.75, 3.05) is 18.9 Å². The van der Waals surface area contributed by atoms with Crippen molar-refractivity contribution >= 4 is 23.6 Å². The van der Waals surface area contributed by atoms with Gasteiger partial charge in [-0.2, -0.15) is 0 Å². The molecule has 0 aliphatic carbocycles. The third-order valence-corrected chi connectivity index (χ3v) is 2.98. The third-order valence-electron chi connectivity index (χ3n) is 2.42. The maximum absolute atomic E-state index is 13.5. The fourth-order valence-corrected chi connectivity index (χ4v) is 1.81. The molecule has 0 saturated heterocycles. The molecule has 22 heavy (non-hydrogen) atoms. The summed E-state index contributed by atoms with van der Waals surface area (Å²) < 4.78 is 58.6. The highest BCUT2D eigenvalue weighted by molar-refractivity contribution is 7.98.